The van der Waals surface area contributed by atoms with Gasteiger partial charge in [0.05, 0.1) is 5.38 Å². The van der Waals surface area contributed by atoms with Crippen LogP contribution in [0.1, 0.15) is 22.1 Å². The molecule has 2 aromatic carbocycles. The van der Waals surface area contributed by atoms with Crippen molar-refractivity contribution in [3.8, 4) is 11.5 Å². The highest BCUT2D eigenvalue weighted by Gasteiger charge is 2.18. The Balaban J connectivity index is 1.98. The fraction of sp³-hybridized carbons (Fsp3) is 0.250. The number of fused-ring (bicyclic) bond motifs is 1. The first-order chi connectivity index (χ1) is 9.66. The second kappa shape index (κ2) is 5.82. The molecule has 3 rings (SSSR count). The van der Waals surface area contributed by atoms with Crippen molar-refractivity contribution in [1.29, 1.82) is 0 Å². The van der Waals surface area contributed by atoms with Crippen LogP contribution in [0.2, 0.25) is 0 Å². The summed E-state index contributed by atoms with van der Waals surface area (Å²) < 4.78 is 12.4. The van der Waals surface area contributed by atoms with Crippen LogP contribution in [0.3, 0.4) is 0 Å². The molecule has 0 spiro atoms. The molecule has 1 unspecified atom stereocenters. The maximum atomic E-state index is 6.65. The van der Waals surface area contributed by atoms with E-state index in [1.54, 1.807) is 0 Å². The predicted octanol–water partition coefficient (Wildman–Crippen LogP) is 4.70. The van der Waals surface area contributed by atoms with Gasteiger partial charge in [0.2, 0.25) is 0 Å². The van der Waals surface area contributed by atoms with E-state index in [0.29, 0.717) is 13.2 Å². The fourth-order valence-electron chi connectivity index (χ4n) is 2.26. The maximum absolute atomic E-state index is 6.65. The number of hydrogen-bond donors (Lipinski definition) is 0. The molecule has 1 atom stereocenters. The molecule has 4 heteroatoms. The highest BCUT2D eigenvalue weighted by Crippen LogP contribution is 2.38. The van der Waals surface area contributed by atoms with Crippen LogP contribution in [0.4, 0.5) is 0 Å². The van der Waals surface area contributed by atoms with Crippen molar-refractivity contribution in [3.63, 3.8) is 0 Å². The third-order valence-electron chi connectivity index (χ3n) is 3.35. The number of alkyl halides is 1. The Kier molecular flexibility index (Phi) is 4.08. The van der Waals surface area contributed by atoms with E-state index in [0.717, 1.165) is 22.6 Å². The summed E-state index contributed by atoms with van der Waals surface area (Å²) in [7, 11) is 0. The molecule has 0 saturated carbocycles. The third-order valence-corrected chi connectivity index (χ3v) is 5.31. The molecule has 104 valence electrons. The largest absolute Gasteiger partial charge is 0.486 e. The van der Waals surface area contributed by atoms with Crippen molar-refractivity contribution < 1.29 is 9.47 Å². The average molecular weight is 401 g/mol. The van der Waals surface area contributed by atoms with Gasteiger partial charge in [0.1, 0.15) is 13.2 Å². The molecule has 0 aliphatic carbocycles. The Morgan fingerprint density at radius 2 is 1.85 bits per heavy atom. The van der Waals surface area contributed by atoms with Gasteiger partial charge in [0, 0.05) is 3.57 Å². The van der Waals surface area contributed by atoms with Crippen LogP contribution in [-0.2, 0) is 0 Å². The van der Waals surface area contributed by atoms with Crippen molar-refractivity contribution in [2.24, 2.45) is 0 Å². The summed E-state index contributed by atoms with van der Waals surface area (Å²) >= 11 is 9.00. The van der Waals surface area contributed by atoms with Crippen molar-refractivity contribution in [3.05, 3.63) is 56.7 Å². The van der Waals surface area contributed by atoms with Gasteiger partial charge in [-0.2, -0.15) is 0 Å². The summed E-state index contributed by atoms with van der Waals surface area (Å²) in [5.41, 5.74) is 3.40. The van der Waals surface area contributed by atoms with E-state index in [-0.39, 0.29) is 5.38 Å². The minimum absolute atomic E-state index is 0.183. The quantitative estimate of drug-likeness (QED) is 0.537. The van der Waals surface area contributed by atoms with Crippen LogP contribution >= 0.6 is 34.2 Å². The molecule has 1 aliphatic rings. The maximum Gasteiger partial charge on any atom is 0.161 e. The molecule has 2 aromatic rings. The lowest BCUT2D eigenvalue weighted by atomic mass is 10.0. The Morgan fingerprint density at radius 3 is 2.65 bits per heavy atom. The van der Waals surface area contributed by atoms with E-state index in [2.05, 4.69) is 41.6 Å². The van der Waals surface area contributed by atoms with Crippen LogP contribution in [0, 0.1) is 10.5 Å². The molecule has 0 amide bonds. The fourth-order valence-corrected chi connectivity index (χ4v) is 3.44. The summed E-state index contributed by atoms with van der Waals surface area (Å²) in [4.78, 5) is 0. The van der Waals surface area contributed by atoms with Crippen LogP contribution in [0.25, 0.3) is 0 Å². The molecule has 0 fully saturated rings. The van der Waals surface area contributed by atoms with Crippen LogP contribution in [-0.4, -0.2) is 13.2 Å². The summed E-state index contributed by atoms with van der Waals surface area (Å²) in [5.74, 6) is 1.57. The van der Waals surface area contributed by atoms with Crippen LogP contribution in [0.15, 0.2) is 36.4 Å². The van der Waals surface area contributed by atoms with Gasteiger partial charge in [0.25, 0.3) is 0 Å². The summed E-state index contributed by atoms with van der Waals surface area (Å²) in [6.07, 6.45) is 0. The number of aryl methyl sites for hydroxylation is 1. The van der Waals surface area contributed by atoms with Crippen LogP contribution in [0.5, 0.6) is 11.5 Å². The molecule has 1 aliphatic heterocycles. The third kappa shape index (κ3) is 2.61. The molecule has 1 heterocycles. The molecular weight excluding hydrogens is 387 g/mol. The van der Waals surface area contributed by atoms with Crippen molar-refractivity contribution in [2.75, 3.05) is 13.2 Å². The lowest BCUT2D eigenvalue weighted by molar-refractivity contribution is 0.171. The Hall–Kier alpha value is -0.940. The topological polar surface area (TPSA) is 18.5 Å². The Morgan fingerprint density at radius 1 is 1.10 bits per heavy atom. The SMILES string of the molecule is Cc1cccc(C(Cl)c2ccc3c(c2)OCCO3)c1I. The van der Waals surface area contributed by atoms with Gasteiger partial charge >= 0.3 is 0 Å². The van der Waals surface area contributed by atoms with E-state index in [1.807, 2.05) is 24.3 Å². The molecule has 2 nitrogen and oxygen atoms in total. The Labute approximate surface area is 137 Å². The second-order valence-corrected chi connectivity index (χ2v) is 6.26. The minimum Gasteiger partial charge on any atom is -0.486 e. The Bertz CT molecular complexity index is 642. The van der Waals surface area contributed by atoms with E-state index in [1.165, 1.54) is 9.13 Å². The number of rotatable bonds is 2. The van der Waals surface area contributed by atoms with Gasteiger partial charge in [-0.25, -0.2) is 0 Å². The molecule has 20 heavy (non-hydrogen) atoms. The zero-order valence-corrected chi connectivity index (χ0v) is 13.9. The smallest absolute Gasteiger partial charge is 0.161 e. The van der Waals surface area contributed by atoms with Crippen molar-refractivity contribution in [1.82, 2.24) is 0 Å². The summed E-state index contributed by atoms with van der Waals surface area (Å²) in [6.45, 7) is 3.29. The van der Waals surface area contributed by atoms with E-state index < -0.39 is 0 Å². The van der Waals surface area contributed by atoms with Gasteiger partial charge in [-0.3, -0.25) is 0 Å². The highest BCUT2D eigenvalue weighted by molar-refractivity contribution is 14.1. The molecule has 0 N–H and O–H groups in total. The first-order valence-electron chi connectivity index (χ1n) is 6.45. The molecule has 0 aromatic heterocycles. The first kappa shape index (κ1) is 14.0. The second-order valence-electron chi connectivity index (χ2n) is 4.74. The average Bonchev–Trinajstić information content (AvgIpc) is 2.49. The van der Waals surface area contributed by atoms with E-state index in [9.17, 15) is 0 Å². The zero-order chi connectivity index (χ0) is 14.1. The minimum atomic E-state index is -0.183. The van der Waals surface area contributed by atoms with Gasteiger partial charge in [-0.1, -0.05) is 24.3 Å². The predicted molar refractivity (Wildman–Crippen MR) is 89.0 cm³/mol. The molecule has 0 radical (unpaired) electrons. The van der Waals surface area contributed by atoms with Crippen molar-refractivity contribution >= 4 is 34.2 Å². The zero-order valence-electron chi connectivity index (χ0n) is 11.0. The summed E-state index contributed by atoms with van der Waals surface area (Å²) in [6, 6.07) is 12.1. The number of ether oxygens (including phenoxy) is 2. The van der Waals surface area contributed by atoms with Crippen molar-refractivity contribution in [2.45, 2.75) is 12.3 Å². The lowest BCUT2D eigenvalue weighted by Gasteiger charge is -2.20. The van der Waals surface area contributed by atoms with Gasteiger partial charge < -0.3 is 9.47 Å². The highest BCUT2D eigenvalue weighted by atomic mass is 127. The van der Waals surface area contributed by atoms with Gasteiger partial charge in [0.15, 0.2) is 11.5 Å². The van der Waals surface area contributed by atoms with E-state index in [4.69, 9.17) is 21.1 Å². The monoisotopic (exact) mass is 400 g/mol. The van der Waals surface area contributed by atoms with Gasteiger partial charge in [-0.15, -0.1) is 11.6 Å². The molecular formula is C16H14ClIO2. The normalized spacial score (nSPS) is 14.9. The summed E-state index contributed by atoms with van der Waals surface area (Å²) in [5, 5.41) is -0.183. The lowest BCUT2D eigenvalue weighted by Crippen LogP contribution is -2.15. The molecule has 0 saturated heterocycles. The van der Waals surface area contributed by atoms with Crippen LogP contribution < -0.4 is 9.47 Å². The number of benzene rings is 2. The standard InChI is InChI=1S/C16H14ClIO2/c1-10-3-2-4-12(16(10)18)15(17)11-5-6-13-14(9-11)20-8-7-19-13/h2-6,9,15H,7-8H2,1H3. The first-order valence-corrected chi connectivity index (χ1v) is 7.97. The number of halogens is 2. The van der Waals surface area contributed by atoms with Gasteiger partial charge in [-0.05, 0) is 58.3 Å². The van der Waals surface area contributed by atoms with E-state index >= 15 is 0 Å². The number of hydrogen-bond acceptors (Lipinski definition) is 2. The molecule has 0 bridgehead atoms.